The predicted octanol–water partition coefficient (Wildman–Crippen LogP) is 2.70. The van der Waals surface area contributed by atoms with Crippen LogP contribution in [-0.2, 0) is 9.47 Å². The second-order valence-corrected chi connectivity index (χ2v) is 7.12. The Morgan fingerprint density at radius 2 is 2.13 bits per heavy atom. The van der Waals surface area contributed by atoms with Gasteiger partial charge in [-0.1, -0.05) is 0 Å². The largest absolute Gasteiger partial charge is 0.466 e. The SMILES string of the molecule is Cc1cc(C(=O)N2CC[C@@H](OCC3CC3)[C@H]3OCC[C@@H]32)c(C)o1. The minimum Gasteiger partial charge on any atom is -0.466 e. The van der Waals surface area contributed by atoms with E-state index in [1.54, 1.807) is 0 Å². The monoisotopic (exact) mass is 319 g/mol. The number of nitrogens with zero attached hydrogens (tertiary/aromatic N) is 1. The van der Waals surface area contributed by atoms with Crippen molar-refractivity contribution in [2.45, 2.75) is 57.8 Å². The molecule has 3 atom stereocenters. The molecule has 3 heterocycles. The number of likely N-dealkylation sites (tertiary alicyclic amines) is 1. The molecule has 2 aliphatic heterocycles. The number of hydrogen-bond acceptors (Lipinski definition) is 4. The Morgan fingerprint density at radius 3 is 2.83 bits per heavy atom. The summed E-state index contributed by atoms with van der Waals surface area (Å²) >= 11 is 0. The zero-order valence-corrected chi connectivity index (χ0v) is 13.9. The highest BCUT2D eigenvalue weighted by Gasteiger charge is 2.45. The number of piperidine rings is 1. The number of rotatable bonds is 4. The van der Waals surface area contributed by atoms with E-state index in [9.17, 15) is 4.79 Å². The van der Waals surface area contributed by atoms with E-state index >= 15 is 0 Å². The second-order valence-electron chi connectivity index (χ2n) is 7.12. The van der Waals surface area contributed by atoms with Gasteiger partial charge in [0.15, 0.2) is 0 Å². The van der Waals surface area contributed by atoms with E-state index in [0.717, 1.165) is 37.7 Å². The minimum absolute atomic E-state index is 0.0276. The molecule has 0 unspecified atom stereocenters. The second kappa shape index (κ2) is 5.95. The number of carbonyl (C=O) groups excluding carboxylic acids is 1. The fourth-order valence-electron chi connectivity index (χ4n) is 3.86. The van der Waals surface area contributed by atoms with Crippen LogP contribution in [0.5, 0.6) is 0 Å². The molecule has 4 rings (SSSR count). The summed E-state index contributed by atoms with van der Waals surface area (Å²) in [5, 5.41) is 0. The van der Waals surface area contributed by atoms with Gasteiger partial charge in [-0.15, -0.1) is 0 Å². The predicted molar refractivity (Wildman–Crippen MR) is 84.4 cm³/mol. The lowest BCUT2D eigenvalue weighted by molar-refractivity contribution is -0.0936. The molecule has 3 fully saturated rings. The van der Waals surface area contributed by atoms with Crippen molar-refractivity contribution >= 4 is 5.91 Å². The van der Waals surface area contributed by atoms with Gasteiger partial charge in [-0.3, -0.25) is 4.79 Å². The third-order valence-corrected chi connectivity index (χ3v) is 5.30. The van der Waals surface area contributed by atoms with E-state index in [1.807, 2.05) is 24.8 Å². The first-order valence-corrected chi connectivity index (χ1v) is 8.74. The number of ether oxygens (including phenoxy) is 2. The molecule has 1 amide bonds. The molecule has 1 saturated carbocycles. The molecule has 0 spiro atoms. The summed E-state index contributed by atoms with van der Waals surface area (Å²) in [6, 6.07) is 1.98. The van der Waals surface area contributed by atoms with Gasteiger partial charge in [0.25, 0.3) is 5.91 Å². The normalized spacial score (nSPS) is 30.5. The van der Waals surface area contributed by atoms with Crippen molar-refractivity contribution < 1.29 is 18.7 Å². The van der Waals surface area contributed by atoms with Crippen molar-refractivity contribution in [1.29, 1.82) is 0 Å². The smallest absolute Gasteiger partial charge is 0.257 e. The summed E-state index contributed by atoms with van der Waals surface area (Å²) < 4.78 is 17.6. The maximum atomic E-state index is 12.9. The summed E-state index contributed by atoms with van der Waals surface area (Å²) in [5.74, 6) is 2.31. The summed E-state index contributed by atoms with van der Waals surface area (Å²) in [7, 11) is 0. The summed E-state index contributed by atoms with van der Waals surface area (Å²) in [5.41, 5.74) is 0.686. The van der Waals surface area contributed by atoms with Crippen molar-refractivity contribution in [2.24, 2.45) is 5.92 Å². The fourth-order valence-corrected chi connectivity index (χ4v) is 3.86. The maximum absolute atomic E-state index is 12.9. The van der Waals surface area contributed by atoms with Crippen LogP contribution in [-0.4, -0.2) is 48.8 Å². The highest BCUT2D eigenvalue weighted by molar-refractivity contribution is 5.95. The minimum atomic E-state index is 0.0276. The Hall–Kier alpha value is -1.33. The Bertz CT molecular complexity index is 592. The van der Waals surface area contributed by atoms with E-state index in [2.05, 4.69) is 0 Å². The molecule has 0 N–H and O–H groups in total. The number of fused-ring (bicyclic) bond motifs is 1. The van der Waals surface area contributed by atoms with Gasteiger partial charge in [-0.25, -0.2) is 0 Å². The molecular formula is C18H25NO4. The van der Waals surface area contributed by atoms with Crippen LogP contribution in [0.25, 0.3) is 0 Å². The van der Waals surface area contributed by atoms with E-state index < -0.39 is 0 Å². The first-order valence-electron chi connectivity index (χ1n) is 8.74. The Labute approximate surface area is 136 Å². The average Bonchev–Trinajstić information content (AvgIpc) is 3.11. The van der Waals surface area contributed by atoms with E-state index in [0.29, 0.717) is 17.9 Å². The highest BCUT2D eigenvalue weighted by atomic mass is 16.5. The van der Waals surface area contributed by atoms with Crippen molar-refractivity contribution in [2.75, 3.05) is 19.8 Å². The van der Waals surface area contributed by atoms with Crippen LogP contribution in [0.3, 0.4) is 0 Å². The molecule has 1 aliphatic carbocycles. The molecule has 5 heteroatoms. The highest BCUT2D eigenvalue weighted by Crippen LogP contribution is 2.34. The number of carbonyl (C=O) groups is 1. The van der Waals surface area contributed by atoms with Gasteiger partial charge < -0.3 is 18.8 Å². The molecule has 5 nitrogen and oxygen atoms in total. The Morgan fingerprint density at radius 1 is 1.30 bits per heavy atom. The van der Waals surface area contributed by atoms with Crippen LogP contribution >= 0.6 is 0 Å². The first kappa shape index (κ1) is 15.2. The molecule has 2 saturated heterocycles. The molecule has 23 heavy (non-hydrogen) atoms. The van der Waals surface area contributed by atoms with Gasteiger partial charge >= 0.3 is 0 Å². The average molecular weight is 319 g/mol. The molecule has 0 bridgehead atoms. The Balaban J connectivity index is 1.47. The van der Waals surface area contributed by atoms with Gasteiger partial charge in [0.2, 0.25) is 0 Å². The van der Waals surface area contributed by atoms with Gasteiger partial charge in [-0.2, -0.15) is 0 Å². The van der Waals surface area contributed by atoms with E-state index in [-0.39, 0.29) is 24.2 Å². The van der Waals surface area contributed by atoms with Crippen LogP contribution in [0.15, 0.2) is 10.5 Å². The number of furan rings is 1. The van der Waals surface area contributed by atoms with Crippen LogP contribution in [0.2, 0.25) is 0 Å². The standard InChI is InChI=1S/C18H25NO4/c1-11-9-14(12(2)23-11)18(20)19-7-5-16(22-10-13-3-4-13)17-15(19)6-8-21-17/h9,13,15-17H,3-8,10H2,1-2H3/t15-,16+,17-/m0/s1. The zero-order chi connectivity index (χ0) is 16.0. The molecule has 1 aromatic rings. The summed E-state index contributed by atoms with van der Waals surface area (Å²) in [6.07, 6.45) is 4.51. The molecule has 0 radical (unpaired) electrons. The number of aryl methyl sites for hydroxylation is 2. The van der Waals surface area contributed by atoms with Gasteiger partial charge in [-0.05, 0) is 51.5 Å². The van der Waals surface area contributed by atoms with Crippen molar-refractivity contribution in [1.82, 2.24) is 4.90 Å². The lowest BCUT2D eigenvalue weighted by Gasteiger charge is -2.41. The van der Waals surface area contributed by atoms with Gasteiger partial charge in [0, 0.05) is 19.8 Å². The van der Waals surface area contributed by atoms with Gasteiger partial charge in [0.05, 0.1) is 17.7 Å². The topological polar surface area (TPSA) is 51.9 Å². The van der Waals surface area contributed by atoms with Crippen LogP contribution < -0.4 is 0 Å². The lowest BCUT2D eigenvalue weighted by Crippen LogP contribution is -2.55. The van der Waals surface area contributed by atoms with Crippen molar-refractivity contribution in [3.8, 4) is 0 Å². The van der Waals surface area contributed by atoms with Crippen LogP contribution in [0.4, 0.5) is 0 Å². The Kier molecular flexibility index (Phi) is 3.93. The molecule has 1 aromatic heterocycles. The number of hydrogen-bond donors (Lipinski definition) is 0. The van der Waals surface area contributed by atoms with Crippen molar-refractivity contribution in [3.63, 3.8) is 0 Å². The fraction of sp³-hybridized carbons (Fsp3) is 0.722. The van der Waals surface area contributed by atoms with Crippen LogP contribution in [0, 0.1) is 19.8 Å². The van der Waals surface area contributed by atoms with E-state index in [4.69, 9.17) is 13.9 Å². The van der Waals surface area contributed by atoms with Crippen molar-refractivity contribution in [3.05, 3.63) is 23.2 Å². The quantitative estimate of drug-likeness (QED) is 0.856. The molecule has 0 aromatic carbocycles. The molecule has 126 valence electrons. The maximum Gasteiger partial charge on any atom is 0.257 e. The van der Waals surface area contributed by atoms with Gasteiger partial charge in [0.1, 0.15) is 17.6 Å². The summed E-state index contributed by atoms with van der Waals surface area (Å²) in [6.45, 7) is 6.04. The third-order valence-electron chi connectivity index (χ3n) is 5.30. The number of amides is 1. The zero-order valence-electron chi connectivity index (χ0n) is 13.9. The first-order chi connectivity index (χ1) is 11.1. The molecular weight excluding hydrogens is 294 g/mol. The summed E-state index contributed by atoms with van der Waals surface area (Å²) in [4.78, 5) is 14.9. The third kappa shape index (κ3) is 2.92. The lowest BCUT2D eigenvalue weighted by atomic mass is 9.94. The van der Waals surface area contributed by atoms with E-state index in [1.165, 1.54) is 12.8 Å². The van der Waals surface area contributed by atoms with Crippen LogP contribution in [0.1, 0.15) is 47.6 Å². The molecule has 3 aliphatic rings.